The molecule has 0 atom stereocenters. The fourth-order valence-corrected chi connectivity index (χ4v) is 1.59. The molecule has 1 N–H and O–H groups in total. The highest BCUT2D eigenvalue weighted by molar-refractivity contribution is 5.85. The quantitative estimate of drug-likeness (QED) is 0.699. The lowest BCUT2D eigenvalue weighted by atomic mass is 10.1. The van der Waals surface area contributed by atoms with Gasteiger partial charge in [-0.3, -0.25) is 0 Å². The summed E-state index contributed by atoms with van der Waals surface area (Å²) in [7, 11) is 0. The smallest absolute Gasteiger partial charge is 0.152 e. The average Bonchev–Trinajstić information content (AvgIpc) is 2.43. The first-order valence-corrected chi connectivity index (χ1v) is 4.33. The highest BCUT2D eigenvalue weighted by Gasteiger charge is 2.21. The Labute approximate surface area is 86.8 Å². The normalized spacial score (nSPS) is 9.47. The molecule has 3 heteroatoms. The number of nitriles is 2. The molecule has 15 heavy (non-hydrogen) atoms. The zero-order valence-electron chi connectivity index (χ0n) is 7.73. The molecule has 0 radical (unpaired) electrons. The summed E-state index contributed by atoms with van der Waals surface area (Å²) >= 11 is 0. The third-order valence-corrected chi connectivity index (χ3v) is 2.27. The SMILES string of the molecule is N#Cc1c2cccccc-2c(C#N)c1O. The Balaban J connectivity index is 2.94. The largest absolute Gasteiger partial charge is 0.505 e. The highest BCUT2D eigenvalue weighted by atomic mass is 16.3. The highest BCUT2D eigenvalue weighted by Crippen LogP contribution is 2.39. The maximum Gasteiger partial charge on any atom is 0.152 e. The number of hydrogen-bond donors (Lipinski definition) is 1. The van der Waals surface area contributed by atoms with Gasteiger partial charge in [0.25, 0.3) is 0 Å². The molecule has 0 aromatic carbocycles. The van der Waals surface area contributed by atoms with Crippen molar-refractivity contribution >= 4 is 0 Å². The van der Waals surface area contributed by atoms with Crippen LogP contribution in [0.3, 0.4) is 0 Å². The second-order valence-corrected chi connectivity index (χ2v) is 3.06. The summed E-state index contributed by atoms with van der Waals surface area (Å²) in [4.78, 5) is 0. The van der Waals surface area contributed by atoms with Crippen molar-refractivity contribution in [2.24, 2.45) is 0 Å². The van der Waals surface area contributed by atoms with Crippen LogP contribution in [0.1, 0.15) is 11.1 Å². The van der Waals surface area contributed by atoms with Gasteiger partial charge in [-0.05, 0) is 0 Å². The molecule has 0 aromatic heterocycles. The number of rotatable bonds is 0. The lowest BCUT2D eigenvalue weighted by Crippen LogP contribution is -1.72. The Kier molecular flexibility index (Phi) is 2.00. The van der Waals surface area contributed by atoms with E-state index in [4.69, 9.17) is 10.5 Å². The molecule has 0 bridgehead atoms. The predicted molar refractivity (Wildman–Crippen MR) is 54.2 cm³/mol. The maximum absolute atomic E-state index is 9.65. The van der Waals surface area contributed by atoms with E-state index in [9.17, 15) is 5.11 Å². The Morgan fingerprint density at radius 3 is 1.73 bits per heavy atom. The monoisotopic (exact) mass is 194 g/mol. The molecule has 0 aliphatic heterocycles. The van der Waals surface area contributed by atoms with Crippen molar-refractivity contribution < 1.29 is 5.11 Å². The third-order valence-electron chi connectivity index (χ3n) is 2.27. The van der Waals surface area contributed by atoms with Crippen molar-refractivity contribution in [3.63, 3.8) is 0 Å². The Hall–Kier alpha value is -2.52. The summed E-state index contributed by atoms with van der Waals surface area (Å²) in [5, 5.41) is 27.4. The molecule has 0 heterocycles. The van der Waals surface area contributed by atoms with Crippen molar-refractivity contribution in [3.8, 4) is 29.0 Å². The van der Waals surface area contributed by atoms with Crippen LogP contribution in [0.4, 0.5) is 0 Å². The second kappa shape index (κ2) is 3.32. The van der Waals surface area contributed by atoms with Crippen molar-refractivity contribution in [1.82, 2.24) is 0 Å². The molecule has 70 valence electrons. The van der Waals surface area contributed by atoms with Gasteiger partial charge < -0.3 is 5.11 Å². The standard InChI is InChI=1S/C12H6N2O/c13-6-10-8-4-2-1-3-5-9(8)11(7-14)12(10)15/h1-5,15H. The Morgan fingerprint density at radius 2 is 1.33 bits per heavy atom. The van der Waals surface area contributed by atoms with Crippen LogP contribution in [0.2, 0.25) is 0 Å². The summed E-state index contributed by atoms with van der Waals surface area (Å²) in [6.07, 6.45) is 0. The molecule has 0 saturated carbocycles. The van der Waals surface area contributed by atoms with Crippen molar-refractivity contribution in [1.29, 1.82) is 10.5 Å². The molecule has 0 unspecified atom stereocenters. The summed E-state index contributed by atoms with van der Waals surface area (Å²) in [6, 6.07) is 12.6. The van der Waals surface area contributed by atoms with Gasteiger partial charge in [0.05, 0.1) is 0 Å². The van der Waals surface area contributed by atoms with Crippen LogP contribution >= 0.6 is 0 Å². The summed E-state index contributed by atoms with van der Waals surface area (Å²) in [5.41, 5.74) is 1.55. The number of nitrogens with zero attached hydrogens (tertiary/aromatic N) is 2. The molecule has 0 spiro atoms. The molecule has 2 aliphatic carbocycles. The van der Waals surface area contributed by atoms with Gasteiger partial charge >= 0.3 is 0 Å². The van der Waals surface area contributed by atoms with E-state index in [1.807, 2.05) is 12.1 Å². The van der Waals surface area contributed by atoms with Crippen LogP contribution in [0, 0.1) is 22.7 Å². The van der Waals surface area contributed by atoms with Crippen LogP contribution in [0.5, 0.6) is 5.75 Å². The second-order valence-electron chi connectivity index (χ2n) is 3.06. The van der Waals surface area contributed by atoms with E-state index in [0.29, 0.717) is 11.1 Å². The third kappa shape index (κ3) is 1.19. The van der Waals surface area contributed by atoms with Gasteiger partial charge in [0.1, 0.15) is 23.3 Å². The van der Waals surface area contributed by atoms with E-state index in [-0.39, 0.29) is 16.9 Å². The minimum Gasteiger partial charge on any atom is -0.505 e. The van der Waals surface area contributed by atoms with E-state index < -0.39 is 0 Å². The van der Waals surface area contributed by atoms with Gasteiger partial charge in [-0.1, -0.05) is 30.3 Å². The molecule has 3 nitrogen and oxygen atoms in total. The molecular formula is C12H6N2O. The van der Waals surface area contributed by atoms with Crippen LogP contribution in [0.15, 0.2) is 30.3 Å². The predicted octanol–water partition coefficient (Wildman–Crippen LogP) is 2.24. The minimum absolute atomic E-state index is 0.165. The first-order chi connectivity index (χ1) is 7.29. The van der Waals surface area contributed by atoms with Crippen molar-refractivity contribution in [3.05, 3.63) is 41.5 Å². The van der Waals surface area contributed by atoms with Gasteiger partial charge in [-0.15, -0.1) is 0 Å². The molecule has 0 aromatic rings. The van der Waals surface area contributed by atoms with Crippen LogP contribution in [0.25, 0.3) is 11.1 Å². The number of hydrogen-bond acceptors (Lipinski definition) is 3. The fourth-order valence-electron chi connectivity index (χ4n) is 1.59. The van der Waals surface area contributed by atoms with Gasteiger partial charge in [-0.25, -0.2) is 0 Å². The first kappa shape index (κ1) is 9.05. The van der Waals surface area contributed by atoms with E-state index >= 15 is 0 Å². The molecule has 2 aliphatic rings. The lowest BCUT2D eigenvalue weighted by Gasteiger charge is -1.90. The van der Waals surface area contributed by atoms with Gasteiger partial charge in [0.15, 0.2) is 5.75 Å². The van der Waals surface area contributed by atoms with Crippen molar-refractivity contribution in [2.75, 3.05) is 0 Å². The van der Waals surface area contributed by atoms with E-state index in [1.54, 1.807) is 30.3 Å². The molecular weight excluding hydrogens is 188 g/mol. The van der Waals surface area contributed by atoms with Crippen molar-refractivity contribution in [2.45, 2.75) is 0 Å². The minimum atomic E-state index is -0.221. The van der Waals surface area contributed by atoms with E-state index in [2.05, 4.69) is 0 Å². The van der Waals surface area contributed by atoms with E-state index in [1.165, 1.54) is 0 Å². The topological polar surface area (TPSA) is 67.8 Å². The average molecular weight is 194 g/mol. The fraction of sp³-hybridized carbons (Fsp3) is 0. The molecule has 0 fully saturated rings. The van der Waals surface area contributed by atoms with Crippen LogP contribution in [-0.2, 0) is 0 Å². The zero-order valence-corrected chi connectivity index (χ0v) is 7.73. The summed E-state index contributed by atoms with van der Waals surface area (Å²) in [6.45, 7) is 0. The van der Waals surface area contributed by atoms with E-state index in [0.717, 1.165) is 0 Å². The number of fused-ring (bicyclic) bond motifs is 1. The van der Waals surface area contributed by atoms with Crippen LogP contribution in [-0.4, -0.2) is 5.11 Å². The zero-order chi connectivity index (χ0) is 10.8. The summed E-state index contributed by atoms with van der Waals surface area (Å²) in [5.74, 6) is -0.221. The lowest BCUT2D eigenvalue weighted by molar-refractivity contribution is 0.474. The first-order valence-electron chi connectivity index (χ1n) is 4.33. The Bertz CT molecular complexity index is 527. The van der Waals surface area contributed by atoms with Gasteiger partial charge in [0.2, 0.25) is 0 Å². The van der Waals surface area contributed by atoms with Gasteiger partial charge in [0, 0.05) is 11.1 Å². The molecule has 2 rings (SSSR count). The number of aromatic hydroxyl groups is 1. The molecule has 0 saturated heterocycles. The maximum atomic E-state index is 9.65. The van der Waals surface area contributed by atoms with Gasteiger partial charge in [-0.2, -0.15) is 10.5 Å². The summed E-state index contributed by atoms with van der Waals surface area (Å²) < 4.78 is 0. The Morgan fingerprint density at radius 1 is 0.867 bits per heavy atom. The van der Waals surface area contributed by atoms with Crippen LogP contribution < -0.4 is 0 Å². The molecule has 0 amide bonds.